The molecule has 1 atom stereocenters. The van der Waals surface area contributed by atoms with E-state index < -0.39 is 0 Å². The van der Waals surface area contributed by atoms with Crippen molar-refractivity contribution >= 4 is 11.8 Å². The lowest BCUT2D eigenvalue weighted by Gasteiger charge is -2.24. The molecule has 1 N–H and O–H groups in total. The van der Waals surface area contributed by atoms with Crippen LogP contribution >= 0.6 is 0 Å². The van der Waals surface area contributed by atoms with Gasteiger partial charge in [-0.2, -0.15) is 5.10 Å². The highest BCUT2D eigenvalue weighted by molar-refractivity contribution is 5.89. The second-order valence-corrected chi connectivity index (χ2v) is 5.34. The Morgan fingerprint density at radius 1 is 1.36 bits per heavy atom. The van der Waals surface area contributed by atoms with Crippen molar-refractivity contribution in [1.82, 2.24) is 14.7 Å². The molecule has 0 saturated carbocycles. The number of benzene rings is 1. The van der Waals surface area contributed by atoms with Crippen LogP contribution in [0.1, 0.15) is 12.8 Å². The fourth-order valence-corrected chi connectivity index (χ4v) is 2.82. The summed E-state index contributed by atoms with van der Waals surface area (Å²) in [6.07, 6.45) is 3.68. The summed E-state index contributed by atoms with van der Waals surface area (Å²) in [5.41, 5.74) is 0.915. The van der Waals surface area contributed by atoms with Crippen molar-refractivity contribution in [3.63, 3.8) is 0 Å². The normalized spacial score (nSPS) is 17.7. The fourth-order valence-electron chi connectivity index (χ4n) is 2.82. The first-order valence-corrected chi connectivity index (χ1v) is 7.45. The lowest BCUT2D eigenvalue weighted by atomic mass is 10.2. The first kappa shape index (κ1) is 14.6. The molecule has 1 aliphatic rings. The third kappa shape index (κ3) is 2.96. The van der Waals surface area contributed by atoms with Gasteiger partial charge in [-0.15, -0.1) is 0 Å². The minimum absolute atomic E-state index is 0.0998. The number of anilines is 1. The molecule has 0 radical (unpaired) electrons. The van der Waals surface area contributed by atoms with Crippen molar-refractivity contribution < 1.29 is 9.53 Å². The number of carbonyl (C=O) groups excluding carboxylic acids is 1. The largest absolute Gasteiger partial charge is 0.383 e. The maximum absolute atomic E-state index is 12.5. The Morgan fingerprint density at radius 2 is 2.18 bits per heavy atom. The number of urea groups is 1. The number of likely N-dealkylation sites (tertiary alicyclic amines) is 1. The van der Waals surface area contributed by atoms with Crippen LogP contribution < -0.4 is 5.32 Å². The number of carbonyl (C=O) groups is 1. The zero-order valence-electron chi connectivity index (χ0n) is 12.6. The van der Waals surface area contributed by atoms with Crippen LogP contribution in [0.4, 0.5) is 10.6 Å². The summed E-state index contributed by atoms with van der Waals surface area (Å²) in [5, 5.41) is 7.23. The van der Waals surface area contributed by atoms with Crippen LogP contribution in [0.15, 0.2) is 42.6 Å². The second kappa shape index (κ2) is 6.62. The monoisotopic (exact) mass is 300 g/mol. The summed E-state index contributed by atoms with van der Waals surface area (Å²) in [7, 11) is 1.67. The van der Waals surface area contributed by atoms with Crippen LogP contribution in [-0.4, -0.2) is 47.0 Å². The zero-order chi connectivity index (χ0) is 15.4. The Balaban J connectivity index is 1.74. The molecular weight excluding hydrogens is 280 g/mol. The van der Waals surface area contributed by atoms with Gasteiger partial charge in [-0.05, 0) is 25.0 Å². The topological polar surface area (TPSA) is 59.4 Å². The van der Waals surface area contributed by atoms with Crippen LogP contribution in [0, 0.1) is 0 Å². The van der Waals surface area contributed by atoms with Crippen molar-refractivity contribution in [3.05, 3.63) is 42.6 Å². The number of amides is 2. The molecule has 116 valence electrons. The minimum atomic E-state index is -0.0998. The standard InChI is InChI=1S/C16H20N4O2/c1-22-12-14-8-5-11-19(14)16(21)18-15-9-10-17-20(15)13-6-3-2-4-7-13/h2-4,6-7,9-10,14H,5,8,11-12H2,1H3,(H,18,21)/t14-/m0/s1. The molecule has 0 aliphatic carbocycles. The Bertz CT molecular complexity index is 626. The number of nitrogens with one attached hydrogen (secondary N) is 1. The molecule has 0 spiro atoms. The van der Waals surface area contributed by atoms with Gasteiger partial charge in [-0.1, -0.05) is 18.2 Å². The first-order valence-electron chi connectivity index (χ1n) is 7.45. The van der Waals surface area contributed by atoms with Gasteiger partial charge in [-0.25, -0.2) is 9.48 Å². The van der Waals surface area contributed by atoms with E-state index in [0.29, 0.717) is 12.4 Å². The van der Waals surface area contributed by atoms with Gasteiger partial charge in [-0.3, -0.25) is 5.32 Å². The van der Waals surface area contributed by atoms with Crippen LogP contribution in [0.2, 0.25) is 0 Å². The molecule has 6 heteroatoms. The average Bonchev–Trinajstić information content (AvgIpc) is 3.18. The van der Waals surface area contributed by atoms with Crippen molar-refractivity contribution in [2.75, 3.05) is 25.6 Å². The SMILES string of the molecule is COC[C@@H]1CCCN1C(=O)Nc1ccnn1-c1ccccc1. The van der Waals surface area contributed by atoms with Gasteiger partial charge in [0.15, 0.2) is 0 Å². The summed E-state index contributed by atoms with van der Waals surface area (Å²) in [4.78, 5) is 14.3. The van der Waals surface area contributed by atoms with Crippen LogP contribution in [0.25, 0.3) is 5.69 Å². The van der Waals surface area contributed by atoms with E-state index in [0.717, 1.165) is 25.1 Å². The predicted octanol–water partition coefficient (Wildman–Crippen LogP) is 2.52. The third-order valence-electron chi connectivity index (χ3n) is 3.88. The highest BCUT2D eigenvalue weighted by Gasteiger charge is 2.29. The molecule has 0 bridgehead atoms. The van der Waals surface area contributed by atoms with Crippen molar-refractivity contribution in [2.45, 2.75) is 18.9 Å². The molecule has 0 unspecified atom stereocenters. The number of para-hydroxylation sites is 1. The van der Waals surface area contributed by atoms with Gasteiger partial charge in [0.2, 0.25) is 0 Å². The van der Waals surface area contributed by atoms with Crippen LogP contribution in [-0.2, 0) is 4.74 Å². The summed E-state index contributed by atoms with van der Waals surface area (Å²) in [6.45, 7) is 1.34. The van der Waals surface area contributed by atoms with E-state index in [1.54, 1.807) is 24.1 Å². The van der Waals surface area contributed by atoms with Gasteiger partial charge >= 0.3 is 6.03 Å². The highest BCUT2D eigenvalue weighted by Crippen LogP contribution is 2.20. The molecule has 22 heavy (non-hydrogen) atoms. The Kier molecular flexibility index (Phi) is 4.39. The molecule has 1 saturated heterocycles. The van der Waals surface area contributed by atoms with Gasteiger partial charge in [0.05, 0.1) is 24.5 Å². The van der Waals surface area contributed by atoms with E-state index in [4.69, 9.17) is 4.74 Å². The predicted molar refractivity (Wildman–Crippen MR) is 84.2 cm³/mol. The molecular formula is C16H20N4O2. The Labute approximate surface area is 129 Å². The Morgan fingerprint density at radius 3 is 2.95 bits per heavy atom. The number of ether oxygens (including phenoxy) is 1. The summed E-state index contributed by atoms with van der Waals surface area (Å²) in [6, 6.07) is 11.6. The molecule has 3 rings (SSSR count). The number of aromatic nitrogens is 2. The zero-order valence-corrected chi connectivity index (χ0v) is 12.6. The number of rotatable bonds is 4. The lowest BCUT2D eigenvalue weighted by molar-refractivity contribution is 0.128. The lowest BCUT2D eigenvalue weighted by Crippen LogP contribution is -2.41. The summed E-state index contributed by atoms with van der Waals surface area (Å²) < 4.78 is 6.92. The summed E-state index contributed by atoms with van der Waals surface area (Å²) in [5.74, 6) is 0.666. The van der Waals surface area contributed by atoms with Gasteiger partial charge in [0, 0.05) is 19.7 Å². The van der Waals surface area contributed by atoms with Crippen molar-refractivity contribution in [2.24, 2.45) is 0 Å². The number of hydrogen-bond donors (Lipinski definition) is 1. The second-order valence-electron chi connectivity index (χ2n) is 5.34. The number of hydrogen-bond acceptors (Lipinski definition) is 3. The molecule has 2 amide bonds. The van der Waals surface area contributed by atoms with E-state index in [2.05, 4.69) is 10.4 Å². The molecule has 1 aliphatic heterocycles. The van der Waals surface area contributed by atoms with E-state index >= 15 is 0 Å². The van der Waals surface area contributed by atoms with Gasteiger partial charge in [0.1, 0.15) is 5.82 Å². The quantitative estimate of drug-likeness (QED) is 0.944. The maximum atomic E-state index is 12.5. The van der Waals surface area contributed by atoms with E-state index in [1.807, 2.05) is 35.2 Å². The van der Waals surface area contributed by atoms with Crippen molar-refractivity contribution in [3.8, 4) is 5.69 Å². The molecule has 6 nitrogen and oxygen atoms in total. The molecule has 1 aromatic carbocycles. The van der Waals surface area contributed by atoms with Crippen LogP contribution in [0.3, 0.4) is 0 Å². The Hall–Kier alpha value is -2.34. The molecule has 2 heterocycles. The van der Waals surface area contributed by atoms with E-state index in [-0.39, 0.29) is 12.1 Å². The van der Waals surface area contributed by atoms with Crippen LogP contribution in [0.5, 0.6) is 0 Å². The average molecular weight is 300 g/mol. The van der Waals surface area contributed by atoms with E-state index in [9.17, 15) is 4.79 Å². The number of nitrogens with zero attached hydrogens (tertiary/aromatic N) is 3. The molecule has 1 aromatic heterocycles. The van der Waals surface area contributed by atoms with E-state index in [1.165, 1.54) is 0 Å². The highest BCUT2D eigenvalue weighted by atomic mass is 16.5. The summed E-state index contributed by atoms with van der Waals surface area (Å²) >= 11 is 0. The third-order valence-corrected chi connectivity index (χ3v) is 3.88. The maximum Gasteiger partial charge on any atom is 0.323 e. The molecule has 1 fully saturated rings. The first-order chi connectivity index (χ1) is 10.8. The van der Waals surface area contributed by atoms with Crippen molar-refractivity contribution in [1.29, 1.82) is 0 Å². The van der Waals surface area contributed by atoms with Gasteiger partial charge in [0.25, 0.3) is 0 Å². The molecule has 2 aromatic rings. The number of methoxy groups -OCH3 is 1. The smallest absolute Gasteiger partial charge is 0.323 e. The van der Waals surface area contributed by atoms with Gasteiger partial charge < -0.3 is 9.64 Å². The minimum Gasteiger partial charge on any atom is -0.383 e. The fraction of sp³-hybridized carbons (Fsp3) is 0.375.